The first-order chi connectivity index (χ1) is 12.1. The molecule has 0 atom stereocenters. The number of amides is 1. The summed E-state index contributed by atoms with van der Waals surface area (Å²) in [4.78, 5) is 16.6. The highest BCUT2D eigenvalue weighted by Crippen LogP contribution is 2.18. The molecule has 126 valence electrons. The molecule has 25 heavy (non-hydrogen) atoms. The summed E-state index contributed by atoms with van der Waals surface area (Å²) in [5, 5.41) is 6.13. The van der Waals surface area contributed by atoms with Gasteiger partial charge in [0.25, 0.3) is 5.91 Å². The van der Waals surface area contributed by atoms with E-state index in [4.69, 9.17) is 0 Å². The molecule has 0 radical (unpaired) electrons. The predicted molar refractivity (Wildman–Crippen MR) is 104 cm³/mol. The lowest BCUT2D eigenvalue weighted by Gasteiger charge is -2.09. The molecule has 3 rings (SSSR count). The average Bonchev–Trinajstić information content (AvgIpc) is 2.63. The quantitative estimate of drug-likeness (QED) is 0.650. The molecule has 0 aliphatic heterocycles. The number of nitrogens with zero attached hydrogens (tertiary/aromatic N) is 1. The van der Waals surface area contributed by atoms with Crippen LogP contribution < -0.4 is 10.6 Å². The van der Waals surface area contributed by atoms with Crippen molar-refractivity contribution in [1.82, 2.24) is 10.3 Å². The number of benzene rings is 2. The van der Waals surface area contributed by atoms with Crippen molar-refractivity contribution >= 4 is 33.3 Å². The van der Waals surface area contributed by atoms with Crippen molar-refractivity contribution in [3.8, 4) is 0 Å². The van der Waals surface area contributed by atoms with Crippen LogP contribution in [0, 0.1) is 6.92 Å². The number of aromatic nitrogens is 1. The standard InChI is InChI=1S/C20H18BrN3O/c1-14-4-2-3-5-15(14)12-23-20(25)16-6-11-19(22-13-16)24-18-9-7-17(21)8-10-18/h2-11,13H,12H2,1H3,(H,22,24)(H,23,25). The second-order valence-corrected chi connectivity index (χ2v) is 6.59. The molecule has 1 heterocycles. The zero-order chi connectivity index (χ0) is 17.6. The fraction of sp³-hybridized carbons (Fsp3) is 0.100. The molecule has 0 bridgehead atoms. The third-order valence-corrected chi connectivity index (χ3v) is 4.37. The zero-order valence-electron chi connectivity index (χ0n) is 13.8. The summed E-state index contributed by atoms with van der Waals surface area (Å²) in [5.41, 5.74) is 3.75. The fourth-order valence-electron chi connectivity index (χ4n) is 2.37. The molecular formula is C20H18BrN3O. The van der Waals surface area contributed by atoms with Crippen LogP contribution in [0.3, 0.4) is 0 Å². The molecule has 0 saturated carbocycles. The highest BCUT2D eigenvalue weighted by molar-refractivity contribution is 9.10. The van der Waals surface area contributed by atoms with E-state index in [1.54, 1.807) is 18.3 Å². The van der Waals surface area contributed by atoms with Gasteiger partial charge in [-0.15, -0.1) is 0 Å². The van der Waals surface area contributed by atoms with Crippen molar-refractivity contribution in [3.05, 3.63) is 88.0 Å². The van der Waals surface area contributed by atoms with Crippen LogP contribution in [0.2, 0.25) is 0 Å². The fourth-order valence-corrected chi connectivity index (χ4v) is 2.63. The molecule has 0 aliphatic rings. The molecule has 3 aromatic rings. The van der Waals surface area contributed by atoms with E-state index < -0.39 is 0 Å². The molecular weight excluding hydrogens is 378 g/mol. The molecule has 2 N–H and O–H groups in total. The smallest absolute Gasteiger partial charge is 0.253 e. The summed E-state index contributed by atoms with van der Waals surface area (Å²) in [5.74, 6) is 0.559. The summed E-state index contributed by atoms with van der Waals surface area (Å²) < 4.78 is 1.02. The Bertz CT molecular complexity index is 861. The molecule has 2 aromatic carbocycles. The van der Waals surface area contributed by atoms with Crippen LogP contribution >= 0.6 is 15.9 Å². The topological polar surface area (TPSA) is 54.0 Å². The van der Waals surface area contributed by atoms with Gasteiger partial charge in [-0.25, -0.2) is 4.98 Å². The minimum absolute atomic E-state index is 0.133. The zero-order valence-corrected chi connectivity index (χ0v) is 15.4. The Labute approximate surface area is 155 Å². The number of hydrogen-bond donors (Lipinski definition) is 2. The van der Waals surface area contributed by atoms with Crippen molar-refractivity contribution in [3.63, 3.8) is 0 Å². The van der Waals surface area contributed by atoms with Gasteiger partial charge < -0.3 is 10.6 Å². The van der Waals surface area contributed by atoms with E-state index in [-0.39, 0.29) is 5.91 Å². The second-order valence-electron chi connectivity index (χ2n) is 5.67. The largest absolute Gasteiger partial charge is 0.348 e. The average molecular weight is 396 g/mol. The van der Waals surface area contributed by atoms with Crippen LogP contribution in [0.1, 0.15) is 21.5 Å². The summed E-state index contributed by atoms with van der Waals surface area (Å²) in [6.45, 7) is 2.54. The minimum atomic E-state index is -0.133. The Kier molecular flexibility index (Phi) is 5.46. The van der Waals surface area contributed by atoms with Gasteiger partial charge in [0.15, 0.2) is 0 Å². The summed E-state index contributed by atoms with van der Waals surface area (Å²) in [6.07, 6.45) is 1.58. The van der Waals surface area contributed by atoms with E-state index in [2.05, 4.69) is 31.5 Å². The van der Waals surface area contributed by atoms with Gasteiger partial charge in [0.05, 0.1) is 5.56 Å². The number of carbonyl (C=O) groups excluding carboxylic acids is 1. The molecule has 0 saturated heterocycles. The van der Waals surface area contributed by atoms with Crippen molar-refractivity contribution < 1.29 is 4.79 Å². The van der Waals surface area contributed by atoms with Gasteiger partial charge in [0.2, 0.25) is 0 Å². The third kappa shape index (κ3) is 4.67. The van der Waals surface area contributed by atoms with Crippen LogP contribution in [-0.4, -0.2) is 10.9 Å². The van der Waals surface area contributed by atoms with E-state index in [1.807, 2.05) is 55.5 Å². The maximum Gasteiger partial charge on any atom is 0.253 e. The Morgan fingerprint density at radius 1 is 1.04 bits per heavy atom. The van der Waals surface area contributed by atoms with Gasteiger partial charge in [-0.1, -0.05) is 40.2 Å². The van der Waals surface area contributed by atoms with E-state index in [0.717, 1.165) is 21.3 Å². The summed E-state index contributed by atoms with van der Waals surface area (Å²) in [6, 6.07) is 19.4. The number of carbonyl (C=O) groups is 1. The van der Waals surface area contributed by atoms with E-state index in [9.17, 15) is 4.79 Å². The van der Waals surface area contributed by atoms with Crippen LogP contribution in [0.5, 0.6) is 0 Å². The number of hydrogen-bond acceptors (Lipinski definition) is 3. The van der Waals surface area contributed by atoms with Gasteiger partial charge in [-0.05, 0) is 54.4 Å². The molecule has 4 nitrogen and oxygen atoms in total. The lowest BCUT2D eigenvalue weighted by Crippen LogP contribution is -2.23. The van der Waals surface area contributed by atoms with E-state index in [0.29, 0.717) is 17.9 Å². The number of anilines is 2. The van der Waals surface area contributed by atoms with Gasteiger partial charge in [-0.2, -0.15) is 0 Å². The lowest BCUT2D eigenvalue weighted by atomic mass is 10.1. The summed E-state index contributed by atoms with van der Waals surface area (Å²) in [7, 11) is 0. The Morgan fingerprint density at radius 2 is 1.80 bits per heavy atom. The van der Waals surface area contributed by atoms with Crippen LogP contribution in [0.25, 0.3) is 0 Å². The first-order valence-corrected chi connectivity index (χ1v) is 8.72. The van der Waals surface area contributed by atoms with Gasteiger partial charge in [0, 0.05) is 22.9 Å². The number of aryl methyl sites for hydroxylation is 1. The highest BCUT2D eigenvalue weighted by Gasteiger charge is 2.07. The Hall–Kier alpha value is -2.66. The SMILES string of the molecule is Cc1ccccc1CNC(=O)c1ccc(Nc2ccc(Br)cc2)nc1. The predicted octanol–water partition coefficient (Wildman–Crippen LogP) is 4.83. The monoisotopic (exact) mass is 395 g/mol. The molecule has 0 fully saturated rings. The van der Waals surface area contributed by atoms with Crippen LogP contribution in [0.4, 0.5) is 11.5 Å². The minimum Gasteiger partial charge on any atom is -0.348 e. The Morgan fingerprint density at radius 3 is 2.48 bits per heavy atom. The Balaban J connectivity index is 1.60. The maximum atomic E-state index is 12.3. The third-order valence-electron chi connectivity index (χ3n) is 3.84. The molecule has 5 heteroatoms. The van der Waals surface area contributed by atoms with Crippen LogP contribution in [0.15, 0.2) is 71.3 Å². The van der Waals surface area contributed by atoms with Crippen molar-refractivity contribution in [2.45, 2.75) is 13.5 Å². The molecule has 0 unspecified atom stereocenters. The lowest BCUT2D eigenvalue weighted by molar-refractivity contribution is 0.0950. The molecule has 0 aliphatic carbocycles. The first kappa shape index (κ1) is 17.2. The van der Waals surface area contributed by atoms with E-state index >= 15 is 0 Å². The second kappa shape index (κ2) is 7.94. The van der Waals surface area contributed by atoms with Gasteiger partial charge in [-0.3, -0.25) is 4.79 Å². The molecule has 0 spiro atoms. The maximum absolute atomic E-state index is 12.3. The highest BCUT2D eigenvalue weighted by atomic mass is 79.9. The molecule has 1 aromatic heterocycles. The number of pyridine rings is 1. The number of halogens is 1. The van der Waals surface area contributed by atoms with Crippen LogP contribution in [-0.2, 0) is 6.54 Å². The van der Waals surface area contributed by atoms with Crippen molar-refractivity contribution in [2.24, 2.45) is 0 Å². The summed E-state index contributed by atoms with van der Waals surface area (Å²) >= 11 is 3.40. The molecule has 1 amide bonds. The van der Waals surface area contributed by atoms with Gasteiger partial charge in [0.1, 0.15) is 5.82 Å². The van der Waals surface area contributed by atoms with Crippen molar-refractivity contribution in [2.75, 3.05) is 5.32 Å². The normalized spacial score (nSPS) is 10.3. The van der Waals surface area contributed by atoms with Gasteiger partial charge >= 0.3 is 0 Å². The van der Waals surface area contributed by atoms with E-state index in [1.165, 1.54) is 0 Å². The number of nitrogens with one attached hydrogen (secondary N) is 2. The van der Waals surface area contributed by atoms with Crippen molar-refractivity contribution in [1.29, 1.82) is 0 Å². The number of rotatable bonds is 5. The first-order valence-electron chi connectivity index (χ1n) is 7.93.